The maximum absolute atomic E-state index is 12.3. The number of amides is 1. The van der Waals surface area contributed by atoms with Crippen LogP contribution in [0.4, 0.5) is 0 Å². The van der Waals surface area contributed by atoms with Gasteiger partial charge in [0.25, 0.3) is 0 Å². The highest BCUT2D eigenvalue weighted by Crippen LogP contribution is 2.15. The number of carbonyl (C=O) groups is 1. The number of aromatic nitrogens is 2. The zero-order valence-electron chi connectivity index (χ0n) is 12.6. The Hall–Kier alpha value is -1.84. The average molecular weight is 273 g/mol. The second-order valence-corrected chi connectivity index (χ2v) is 5.24. The van der Waals surface area contributed by atoms with E-state index in [1.807, 2.05) is 34.7 Å². The zero-order valence-corrected chi connectivity index (χ0v) is 12.6. The summed E-state index contributed by atoms with van der Waals surface area (Å²) in [5.41, 5.74) is 3.09. The molecule has 0 atom stereocenters. The third kappa shape index (κ3) is 3.18. The Morgan fingerprint density at radius 1 is 1.25 bits per heavy atom. The Morgan fingerprint density at radius 2 is 1.95 bits per heavy atom. The van der Waals surface area contributed by atoms with Crippen LogP contribution < -0.4 is 0 Å². The maximum atomic E-state index is 12.3. The first-order valence-corrected chi connectivity index (χ1v) is 7.33. The van der Waals surface area contributed by atoms with E-state index in [4.69, 9.17) is 0 Å². The van der Waals surface area contributed by atoms with Crippen molar-refractivity contribution in [2.24, 2.45) is 7.05 Å². The van der Waals surface area contributed by atoms with Gasteiger partial charge in [0.2, 0.25) is 5.91 Å². The van der Waals surface area contributed by atoms with Gasteiger partial charge < -0.3 is 9.47 Å². The van der Waals surface area contributed by atoms with E-state index >= 15 is 0 Å². The summed E-state index contributed by atoms with van der Waals surface area (Å²) in [7, 11) is 1.98. The van der Waals surface area contributed by atoms with Crippen LogP contribution in [0.5, 0.6) is 0 Å². The van der Waals surface area contributed by atoms with Crippen LogP contribution in [0.2, 0.25) is 0 Å². The van der Waals surface area contributed by atoms with E-state index in [0.29, 0.717) is 6.42 Å². The van der Waals surface area contributed by atoms with E-state index in [2.05, 4.69) is 18.8 Å². The smallest absolute Gasteiger partial charge is 0.226 e. The van der Waals surface area contributed by atoms with Gasteiger partial charge in [-0.15, -0.1) is 0 Å². The first-order chi connectivity index (χ1) is 9.65. The Morgan fingerprint density at radius 3 is 2.60 bits per heavy atom. The van der Waals surface area contributed by atoms with Crippen molar-refractivity contribution in [2.75, 3.05) is 13.1 Å². The minimum absolute atomic E-state index is 0.212. The molecule has 0 fully saturated rings. The van der Waals surface area contributed by atoms with Gasteiger partial charge in [0.1, 0.15) is 0 Å². The predicted molar refractivity (Wildman–Crippen MR) is 81.6 cm³/mol. The van der Waals surface area contributed by atoms with E-state index in [-0.39, 0.29) is 5.91 Å². The van der Waals surface area contributed by atoms with Crippen LogP contribution >= 0.6 is 0 Å². The molecule has 2 aromatic rings. The summed E-state index contributed by atoms with van der Waals surface area (Å²) in [5, 5.41) is 0. The number of hydrogen-bond donors (Lipinski definition) is 0. The molecule has 0 bridgehead atoms. The Labute approximate surface area is 120 Å². The summed E-state index contributed by atoms with van der Waals surface area (Å²) in [6, 6.07) is 6.08. The predicted octanol–water partition coefficient (Wildman–Crippen LogP) is 2.76. The highest BCUT2D eigenvalue weighted by atomic mass is 16.2. The number of fused-ring (bicyclic) bond motifs is 1. The van der Waals surface area contributed by atoms with Crippen LogP contribution in [0.25, 0.3) is 11.0 Å². The van der Waals surface area contributed by atoms with Crippen LogP contribution in [0.1, 0.15) is 32.3 Å². The van der Waals surface area contributed by atoms with Crippen LogP contribution in [-0.4, -0.2) is 33.4 Å². The number of benzene rings is 1. The molecule has 0 saturated heterocycles. The molecule has 1 aromatic heterocycles. The zero-order chi connectivity index (χ0) is 14.5. The Balaban J connectivity index is 2.11. The van der Waals surface area contributed by atoms with Crippen molar-refractivity contribution < 1.29 is 4.79 Å². The summed E-state index contributed by atoms with van der Waals surface area (Å²) in [6.07, 6.45) is 4.28. The molecule has 0 aliphatic carbocycles. The summed E-state index contributed by atoms with van der Waals surface area (Å²) in [5.74, 6) is 0.212. The number of nitrogens with zero attached hydrogens (tertiary/aromatic N) is 3. The molecule has 20 heavy (non-hydrogen) atoms. The molecule has 2 rings (SSSR count). The largest absolute Gasteiger partial charge is 0.342 e. The van der Waals surface area contributed by atoms with Crippen molar-refractivity contribution in [3.8, 4) is 0 Å². The van der Waals surface area contributed by atoms with E-state index < -0.39 is 0 Å². The molecule has 0 saturated carbocycles. The highest BCUT2D eigenvalue weighted by molar-refractivity contribution is 5.81. The summed E-state index contributed by atoms with van der Waals surface area (Å²) in [6.45, 7) is 5.91. The van der Waals surface area contributed by atoms with Crippen molar-refractivity contribution >= 4 is 16.9 Å². The minimum atomic E-state index is 0.212. The third-order valence-corrected chi connectivity index (χ3v) is 3.48. The summed E-state index contributed by atoms with van der Waals surface area (Å²) in [4.78, 5) is 18.6. The maximum Gasteiger partial charge on any atom is 0.226 e. The van der Waals surface area contributed by atoms with Crippen molar-refractivity contribution in [1.29, 1.82) is 0 Å². The van der Waals surface area contributed by atoms with Crippen molar-refractivity contribution in [3.63, 3.8) is 0 Å². The van der Waals surface area contributed by atoms with Gasteiger partial charge in [0.05, 0.1) is 23.8 Å². The number of hydrogen-bond acceptors (Lipinski definition) is 2. The number of imidazole rings is 1. The molecule has 0 aliphatic rings. The SMILES string of the molecule is CCCN(CCC)C(=O)Cc1ccc2c(c1)ncn2C. The van der Waals surface area contributed by atoms with E-state index in [0.717, 1.165) is 42.5 Å². The van der Waals surface area contributed by atoms with Gasteiger partial charge in [-0.25, -0.2) is 4.98 Å². The Kier molecular flexibility index (Phi) is 4.77. The lowest BCUT2D eigenvalue weighted by molar-refractivity contribution is -0.130. The fourth-order valence-electron chi connectivity index (χ4n) is 2.48. The summed E-state index contributed by atoms with van der Waals surface area (Å²) < 4.78 is 1.99. The molecule has 1 heterocycles. The van der Waals surface area contributed by atoms with Crippen LogP contribution in [-0.2, 0) is 18.3 Å². The molecule has 0 unspecified atom stereocenters. The number of rotatable bonds is 6. The molecule has 0 radical (unpaired) electrons. The van der Waals surface area contributed by atoms with Crippen molar-refractivity contribution in [3.05, 3.63) is 30.1 Å². The van der Waals surface area contributed by atoms with Gasteiger partial charge in [0, 0.05) is 20.1 Å². The number of carbonyl (C=O) groups excluding carboxylic acids is 1. The molecule has 4 nitrogen and oxygen atoms in total. The van der Waals surface area contributed by atoms with Gasteiger partial charge in [-0.3, -0.25) is 4.79 Å². The molecule has 1 amide bonds. The van der Waals surface area contributed by atoms with E-state index in [1.165, 1.54) is 0 Å². The monoisotopic (exact) mass is 273 g/mol. The Bertz CT molecular complexity index is 582. The van der Waals surface area contributed by atoms with E-state index in [1.54, 1.807) is 6.33 Å². The van der Waals surface area contributed by atoms with Crippen LogP contribution in [0.15, 0.2) is 24.5 Å². The third-order valence-electron chi connectivity index (χ3n) is 3.48. The molecule has 0 aliphatic heterocycles. The molecular weight excluding hydrogens is 250 g/mol. The first-order valence-electron chi connectivity index (χ1n) is 7.33. The average Bonchev–Trinajstić information content (AvgIpc) is 2.80. The van der Waals surface area contributed by atoms with Gasteiger partial charge in [0.15, 0.2) is 0 Å². The van der Waals surface area contributed by atoms with Crippen molar-refractivity contribution in [2.45, 2.75) is 33.1 Å². The molecule has 108 valence electrons. The molecular formula is C16H23N3O. The van der Waals surface area contributed by atoms with Gasteiger partial charge in [-0.2, -0.15) is 0 Å². The summed E-state index contributed by atoms with van der Waals surface area (Å²) >= 11 is 0. The van der Waals surface area contributed by atoms with Crippen LogP contribution in [0.3, 0.4) is 0 Å². The quantitative estimate of drug-likeness (QED) is 0.811. The molecule has 0 N–H and O–H groups in total. The lowest BCUT2D eigenvalue weighted by atomic mass is 10.1. The fraction of sp³-hybridized carbons (Fsp3) is 0.500. The topological polar surface area (TPSA) is 38.1 Å². The molecule has 1 aromatic carbocycles. The molecule has 0 spiro atoms. The van der Waals surface area contributed by atoms with Gasteiger partial charge in [-0.05, 0) is 30.5 Å². The lowest BCUT2D eigenvalue weighted by Crippen LogP contribution is -2.33. The second-order valence-electron chi connectivity index (χ2n) is 5.24. The number of aryl methyl sites for hydroxylation is 1. The standard InChI is InChI=1S/C16H23N3O/c1-4-8-19(9-5-2)16(20)11-13-6-7-15-14(10-13)17-12-18(15)3/h6-7,10,12H,4-5,8-9,11H2,1-3H3. The van der Waals surface area contributed by atoms with Crippen molar-refractivity contribution in [1.82, 2.24) is 14.5 Å². The fourth-order valence-corrected chi connectivity index (χ4v) is 2.48. The van der Waals surface area contributed by atoms with Crippen LogP contribution in [0, 0.1) is 0 Å². The van der Waals surface area contributed by atoms with E-state index in [9.17, 15) is 4.79 Å². The van der Waals surface area contributed by atoms with Gasteiger partial charge >= 0.3 is 0 Å². The minimum Gasteiger partial charge on any atom is -0.342 e. The highest BCUT2D eigenvalue weighted by Gasteiger charge is 2.13. The lowest BCUT2D eigenvalue weighted by Gasteiger charge is -2.21. The normalized spacial score (nSPS) is 10.9. The second kappa shape index (κ2) is 6.55. The molecule has 4 heteroatoms. The first kappa shape index (κ1) is 14.6. The van der Waals surface area contributed by atoms with Gasteiger partial charge in [-0.1, -0.05) is 19.9 Å².